The molecule has 130 valence electrons. The maximum Gasteiger partial charge on any atom is 0.236 e. The minimum Gasteiger partial charge on any atom is -0.332 e. The van der Waals surface area contributed by atoms with Crippen molar-refractivity contribution in [3.05, 3.63) is 16.8 Å². The number of nitrogens with zero attached hydrogens (tertiary/aromatic N) is 3. The second-order valence-electron chi connectivity index (χ2n) is 6.33. The highest BCUT2D eigenvalue weighted by molar-refractivity contribution is 8.00. The highest BCUT2D eigenvalue weighted by Gasteiger charge is 2.27. The largest absolute Gasteiger partial charge is 0.332 e. The Hall–Kier alpha value is -1.18. The number of carbonyl (C=O) groups is 1. The number of carbonyl (C=O) groups excluding carboxylic acids is 1. The third-order valence-corrected chi connectivity index (χ3v) is 7.05. The zero-order valence-corrected chi connectivity index (χ0v) is 16.4. The minimum atomic E-state index is -0.120. The number of rotatable bonds is 4. The van der Waals surface area contributed by atoms with Gasteiger partial charge in [-0.3, -0.25) is 4.79 Å². The first-order valence-electron chi connectivity index (χ1n) is 8.51. The Balaban J connectivity index is 1.73. The first-order chi connectivity index (χ1) is 11.5. The van der Waals surface area contributed by atoms with Crippen LogP contribution in [0.1, 0.15) is 24.3 Å². The molecule has 2 aromatic heterocycles. The Morgan fingerprint density at radius 2 is 2.08 bits per heavy atom. The summed E-state index contributed by atoms with van der Waals surface area (Å²) >= 11 is 3.26. The van der Waals surface area contributed by atoms with Crippen molar-refractivity contribution in [2.75, 3.05) is 32.7 Å². The van der Waals surface area contributed by atoms with Crippen molar-refractivity contribution in [2.24, 2.45) is 0 Å². The van der Waals surface area contributed by atoms with Crippen LogP contribution in [0.4, 0.5) is 0 Å². The Labute approximate surface area is 151 Å². The van der Waals surface area contributed by atoms with Crippen molar-refractivity contribution < 1.29 is 9.69 Å². The lowest BCUT2D eigenvalue weighted by Gasteiger charge is -2.33. The summed E-state index contributed by atoms with van der Waals surface area (Å²) in [6.07, 6.45) is 1.61. The van der Waals surface area contributed by atoms with E-state index in [2.05, 4.69) is 30.7 Å². The Bertz CT molecular complexity index is 738. The van der Waals surface area contributed by atoms with Crippen LogP contribution in [0.2, 0.25) is 0 Å². The fourth-order valence-electron chi connectivity index (χ4n) is 3.11. The molecule has 1 aliphatic heterocycles. The van der Waals surface area contributed by atoms with Gasteiger partial charge in [0, 0.05) is 10.3 Å². The van der Waals surface area contributed by atoms with Crippen molar-refractivity contribution in [3.8, 4) is 0 Å². The minimum absolute atomic E-state index is 0.120. The molecule has 3 rings (SSSR count). The summed E-state index contributed by atoms with van der Waals surface area (Å²) in [5.74, 6) is 0.228. The van der Waals surface area contributed by atoms with Crippen LogP contribution in [0.3, 0.4) is 0 Å². The summed E-state index contributed by atoms with van der Waals surface area (Å²) in [5, 5.41) is 1.93. The Kier molecular flexibility index (Phi) is 5.42. The molecular weight excluding hydrogens is 340 g/mol. The SMILES string of the molecule is CC[NH+]1CCN(C(=O)[C@@H](C)Sc2ncnc3sc(C)c(C)c23)CC1. The van der Waals surface area contributed by atoms with E-state index >= 15 is 0 Å². The molecule has 0 aliphatic carbocycles. The summed E-state index contributed by atoms with van der Waals surface area (Å²) in [7, 11) is 0. The maximum absolute atomic E-state index is 12.8. The molecule has 1 fully saturated rings. The number of thioether (sulfide) groups is 1. The number of amides is 1. The van der Waals surface area contributed by atoms with E-state index in [1.165, 1.54) is 10.4 Å². The number of fused-ring (bicyclic) bond motifs is 1. The van der Waals surface area contributed by atoms with Gasteiger partial charge in [-0.1, -0.05) is 11.8 Å². The van der Waals surface area contributed by atoms with E-state index in [1.54, 1.807) is 34.3 Å². The zero-order chi connectivity index (χ0) is 17.3. The molecule has 0 radical (unpaired) electrons. The van der Waals surface area contributed by atoms with E-state index in [0.717, 1.165) is 48.0 Å². The number of aryl methyl sites for hydroxylation is 2. The molecule has 1 amide bonds. The average molecular weight is 366 g/mol. The lowest BCUT2D eigenvalue weighted by Crippen LogP contribution is -3.14. The molecule has 0 bridgehead atoms. The van der Waals surface area contributed by atoms with E-state index in [-0.39, 0.29) is 11.2 Å². The van der Waals surface area contributed by atoms with Crippen LogP contribution >= 0.6 is 23.1 Å². The van der Waals surface area contributed by atoms with Gasteiger partial charge < -0.3 is 9.80 Å². The fourth-order valence-corrected chi connectivity index (χ4v) is 5.23. The first kappa shape index (κ1) is 17.6. The topological polar surface area (TPSA) is 50.5 Å². The monoisotopic (exact) mass is 365 g/mol. The smallest absolute Gasteiger partial charge is 0.236 e. The summed E-state index contributed by atoms with van der Waals surface area (Å²) in [6.45, 7) is 13.4. The summed E-state index contributed by atoms with van der Waals surface area (Å²) < 4.78 is 0. The van der Waals surface area contributed by atoms with Gasteiger partial charge in [-0.2, -0.15) is 0 Å². The van der Waals surface area contributed by atoms with Crippen LogP contribution in [0, 0.1) is 13.8 Å². The highest BCUT2D eigenvalue weighted by Crippen LogP contribution is 2.36. The molecule has 24 heavy (non-hydrogen) atoms. The molecule has 5 nitrogen and oxygen atoms in total. The van der Waals surface area contributed by atoms with Gasteiger partial charge in [-0.15, -0.1) is 11.3 Å². The maximum atomic E-state index is 12.8. The van der Waals surface area contributed by atoms with Gasteiger partial charge in [0.15, 0.2) is 0 Å². The van der Waals surface area contributed by atoms with E-state index in [1.807, 2.05) is 11.8 Å². The number of aromatic nitrogens is 2. The molecular formula is C17H25N4OS2+. The van der Waals surface area contributed by atoms with Gasteiger partial charge >= 0.3 is 0 Å². The van der Waals surface area contributed by atoms with Crippen LogP contribution in [0.15, 0.2) is 11.4 Å². The zero-order valence-electron chi connectivity index (χ0n) is 14.8. The lowest BCUT2D eigenvalue weighted by atomic mass is 10.2. The second kappa shape index (κ2) is 7.37. The molecule has 0 unspecified atom stereocenters. The quantitative estimate of drug-likeness (QED) is 0.660. The van der Waals surface area contributed by atoms with Crippen molar-refractivity contribution in [2.45, 2.75) is 38.0 Å². The van der Waals surface area contributed by atoms with E-state index in [0.29, 0.717) is 0 Å². The molecule has 1 saturated heterocycles. The summed E-state index contributed by atoms with van der Waals surface area (Å²) in [4.78, 5) is 27.5. The first-order valence-corrected chi connectivity index (χ1v) is 10.2. The van der Waals surface area contributed by atoms with Crippen molar-refractivity contribution in [1.82, 2.24) is 14.9 Å². The molecule has 1 atom stereocenters. The van der Waals surface area contributed by atoms with Crippen LogP contribution in [0.25, 0.3) is 10.2 Å². The standard InChI is InChI=1S/C17H24N4OS2/c1-5-20-6-8-21(9-7-20)17(22)13(4)24-16-14-11(2)12(3)23-15(14)18-10-19-16/h10,13H,5-9H2,1-4H3/p+1/t13-/m1/s1. The number of piperazine rings is 1. The average Bonchev–Trinajstić information content (AvgIpc) is 2.89. The molecule has 0 saturated carbocycles. The van der Waals surface area contributed by atoms with Gasteiger partial charge in [0.25, 0.3) is 0 Å². The van der Waals surface area contributed by atoms with Crippen LogP contribution in [-0.4, -0.2) is 58.7 Å². The van der Waals surface area contributed by atoms with E-state index < -0.39 is 0 Å². The number of nitrogens with one attached hydrogen (secondary N) is 1. The molecule has 0 aromatic carbocycles. The van der Waals surface area contributed by atoms with Gasteiger partial charge in [-0.25, -0.2) is 9.97 Å². The van der Waals surface area contributed by atoms with Crippen molar-refractivity contribution >= 4 is 39.2 Å². The molecule has 7 heteroatoms. The van der Waals surface area contributed by atoms with Gasteiger partial charge in [-0.05, 0) is 33.3 Å². The molecule has 0 spiro atoms. The predicted octanol–water partition coefficient (Wildman–Crippen LogP) is 1.54. The highest BCUT2D eigenvalue weighted by atomic mass is 32.2. The molecule has 3 heterocycles. The summed E-state index contributed by atoms with van der Waals surface area (Å²) in [6, 6.07) is 0. The van der Waals surface area contributed by atoms with Crippen molar-refractivity contribution in [1.29, 1.82) is 0 Å². The predicted molar refractivity (Wildman–Crippen MR) is 100 cm³/mol. The number of likely N-dealkylation sites (N-methyl/N-ethyl adjacent to an activating group) is 1. The van der Waals surface area contributed by atoms with E-state index in [4.69, 9.17) is 0 Å². The lowest BCUT2D eigenvalue weighted by molar-refractivity contribution is -0.902. The van der Waals surface area contributed by atoms with Crippen LogP contribution < -0.4 is 4.90 Å². The molecule has 2 aromatic rings. The normalized spacial score (nSPS) is 17.4. The third-order valence-electron chi connectivity index (χ3n) is 4.85. The van der Waals surface area contributed by atoms with Gasteiger partial charge in [0.2, 0.25) is 5.91 Å². The molecule has 1 N–H and O–H groups in total. The number of quaternary nitrogens is 1. The van der Waals surface area contributed by atoms with Gasteiger partial charge in [0.1, 0.15) is 16.2 Å². The van der Waals surface area contributed by atoms with E-state index in [9.17, 15) is 4.79 Å². The summed E-state index contributed by atoms with van der Waals surface area (Å²) in [5.41, 5.74) is 1.23. The van der Waals surface area contributed by atoms with Gasteiger partial charge in [0.05, 0.1) is 38.0 Å². The second-order valence-corrected chi connectivity index (χ2v) is 8.86. The fraction of sp³-hybridized carbons (Fsp3) is 0.588. The number of hydrogen-bond acceptors (Lipinski definition) is 5. The third kappa shape index (κ3) is 3.43. The number of thiophene rings is 1. The Morgan fingerprint density at radius 3 is 2.75 bits per heavy atom. The Morgan fingerprint density at radius 1 is 1.38 bits per heavy atom. The molecule has 1 aliphatic rings. The number of hydrogen-bond donors (Lipinski definition) is 1. The van der Waals surface area contributed by atoms with Crippen molar-refractivity contribution in [3.63, 3.8) is 0 Å². The van der Waals surface area contributed by atoms with Crippen LogP contribution in [-0.2, 0) is 4.79 Å². The van der Waals surface area contributed by atoms with Crippen LogP contribution in [0.5, 0.6) is 0 Å².